The molecule has 0 saturated carbocycles. The third-order valence-corrected chi connectivity index (χ3v) is 7.68. The van der Waals surface area contributed by atoms with Crippen LogP contribution in [0.15, 0.2) is 42.7 Å². The van der Waals surface area contributed by atoms with Gasteiger partial charge in [-0.3, -0.25) is 19.5 Å². The van der Waals surface area contributed by atoms with Crippen molar-refractivity contribution in [3.05, 3.63) is 65.0 Å². The molecule has 0 unspecified atom stereocenters. The van der Waals surface area contributed by atoms with Crippen molar-refractivity contribution in [1.82, 2.24) is 20.1 Å². The summed E-state index contributed by atoms with van der Waals surface area (Å²) in [6.07, 6.45) is 6.20. The maximum atomic E-state index is 13.9. The van der Waals surface area contributed by atoms with Crippen molar-refractivity contribution in [1.29, 1.82) is 0 Å². The van der Waals surface area contributed by atoms with Crippen LogP contribution < -0.4 is 5.32 Å². The molecule has 35 heavy (non-hydrogen) atoms. The maximum Gasteiger partial charge on any atom is 0.325 e. The smallest absolute Gasteiger partial charge is 0.325 e. The molecule has 0 radical (unpaired) electrons. The molecular formula is C27H32N4O4. The number of hydrogen-bond acceptors (Lipinski definition) is 5. The first-order valence-electron chi connectivity index (χ1n) is 12.4. The highest BCUT2D eigenvalue weighted by molar-refractivity contribution is 6.07. The molecule has 2 aromatic rings. The average Bonchev–Trinajstić information content (AvgIpc) is 3.48. The molecule has 1 N–H and O–H groups in total. The Kier molecular flexibility index (Phi) is 6.32. The topological polar surface area (TPSA) is 91.8 Å². The van der Waals surface area contributed by atoms with Crippen LogP contribution >= 0.6 is 0 Å². The Hall–Kier alpha value is -3.26. The molecule has 1 aromatic heterocycles. The highest BCUT2D eigenvalue weighted by atomic mass is 16.5. The van der Waals surface area contributed by atoms with E-state index in [-0.39, 0.29) is 36.4 Å². The van der Waals surface area contributed by atoms with E-state index in [4.69, 9.17) is 4.74 Å². The summed E-state index contributed by atoms with van der Waals surface area (Å²) in [5.74, 6) is -0.382. The van der Waals surface area contributed by atoms with E-state index < -0.39 is 5.54 Å². The molecule has 0 spiro atoms. The summed E-state index contributed by atoms with van der Waals surface area (Å²) in [7, 11) is 0. The number of hydrogen-bond donors (Lipinski definition) is 1. The first-order chi connectivity index (χ1) is 16.9. The summed E-state index contributed by atoms with van der Waals surface area (Å²) in [5.41, 5.74) is 2.23. The monoisotopic (exact) mass is 476 g/mol. The zero-order valence-electron chi connectivity index (χ0n) is 20.3. The minimum atomic E-state index is -1.18. The molecule has 4 heterocycles. The van der Waals surface area contributed by atoms with Gasteiger partial charge < -0.3 is 15.0 Å². The van der Waals surface area contributed by atoms with Gasteiger partial charge in [-0.25, -0.2) is 4.79 Å². The van der Waals surface area contributed by atoms with Crippen molar-refractivity contribution in [2.75, 3.05) is 26.2 Å². The number of nitrogens with zero attached hydrogens (tertiary/aromatic N) is 3. The number of carbonyl (C=O) groups excluding carboxylic acids is 3. The van der Waals surface area contributed by atoms with Crippen LogP contribution in [0.2, 0.25) is 0 Å². The van der Waals surface area contributed by atoms with Crippen LogP contribution in [0.1, 0.15) is 52.7 Å². The lowest BCUT2D eigenvalue weighted by atomic mass is 9.73. The number of carbonyl (C=O) groups is 3. The molecule has 184 valence electrons. The van der Waals surface area contributed by atoms with Crippen molar-refractivity contribution >= 4 is 17.8 Å². The molecule has 0 aliphatic carbocycles. The van der Waals surface area contributed by atoms with E-state index in [9.17, 15) is 14.4 Å². The van der Waals surface area contributed by atoms with Gasteiger partial charge in [-0.05, 0) is 63.1 Å². The molecule has 5 rings (SSSR count). The Bertz CT molecular complexity index is 1120. The number of urea groups is 1. The van der Waals surface area contributed by atoms with Crippen molar-refractivity contribution < 1.29 is 19.1 Å². The lowest BCUT2D eigenvalue weighted by Crippen LogP contribution is -2.54. The Labute approximate surface area is 205 Å². The second kappa shape index (κ2) is 9.41. The van der Waals surface area contributed by atoms with Gasteiger partial charge in [0.15, 0.2) is 5.54 Å². The van der Waals surface area contributed by atoms with Crippen LogP contribution in [0.3, 0.4) is 0 Å². The fraction of sp³-hybridized carbons (Fsp3) is 0.481. The quantitative estimate of drug-likeness (QED) is 0.670. The number of piperidine rings is 1. The highest BCUT2D eigenvalue weighted by Gasteiger charge is 2.57. The van der Waals surface area contributed by atoms with Crippen LogP contribution in [0.5, 0.6) is 0 Å². The summed E-state index contributed by atoms with van der Waals surface area (Å²) in [4.78, 5) is 47.7. The first-order valence-corrected chi connectivity index (χ1v) is 12.4. The van der Waals surface area contributed by atoms with Gasteiger partial charge in [-0.2, -0.15) is 0 Å². The molecule has 8 heteroatoms. The van der Waals surface area contributed by atoms with Crippen molar-refractivity contribution in [2.24, 2.45) is 5.92 Å². The number of aromatic nitrogens is 1. The number of nitrogens with one attached hydrogen (secondary N) is 1. The average molecular weight is 477 g/mol. The van der Waals surface area contributed by atoms with E-state index in [1.54, 1.807) is 18.5 Å². The van der Waals surface area contributed by atoms with Crippen molar-refractivity contribution in [2.45, 2.75) is 51.2 Å². The molecule has 1 aromatic carbocycles. The van der Waals surface area contributed by atoms with Crippen LogP contribution in [0.4, 0.5) is 4.79 Å². The molecule has 3 aliphatic heterocycles. The summed E-state index contributed by atoms with van der Waals surface area (Å²) < 4.78 is 5.70. The molecule has 2 atom stereocenters. The minimum Gasteiger partial charge on any atom is -0.376 e. The minimum absolute atomic E-state index is 0.0156. The van der Waals surface area contributed by atoms with Gasteiger partial charge >= 0.3 is 6.03 Å². The van der Waals surface area contributed by atoms with Gasteiger partial charge in [0.25, 0.3) is 11.8 Å². The number of imide groups is 1. The second-order valence-electron chi connectivity index (χ2n) is 9.92. The number of ether oxygens (including phenoxy) is 1. The summed E-state index contributed by atoms with van der Waals surface area (Å²) in [6, 6.07) is 9.18. The van der Waals surface area contributed by atoms with Crippen LogP contribution in [-0.2, 0) is 15.1 Å². The normalized spacial score (nSPS) is 25.3. The zero-order valence-corrected chi connectivity index (χ0v) is 20.3. The van der Waals surface area contributed by atoms with Gasteiger partial charge in [0.1, 0.15) is 0 Å². The SMILES string of the molecule is Cc1ccc(C)c(C(=O)N2CCC([C@@]3(c4cccnc4)NC(=O)N(C[C@@H]4CCCO4)C3=O)CC2)c1. The second-order valence-corrected chi connectivity index (χ2v) is 9.92. The fourth-order valence-corrected chi connectivity index (χ4v) is 5.71. The van der Waals surface area contributed by atoms with E-state index in [2.05, 4.69) is 10.3 Å². The first kappa shape index (κ1) is 23.5. The van der Waals surface area contributed by atoms with Gasteiger partial charge in [-0.15, -0.1) is 0 Å². The van der Waals surface area contributed by atoms with E-state index in [0.717, 1.165) is 29.5 Å². The van der Waals surface area contributed by atoms with Gasteiger partial charge in [0.2, 0.25) is 0 Å². The van der Waals surface area contributed by atoms with Crippen LogP contribution in [0, 0.1) is 19.8 Å². The maximum absolute atomic E-state index is 13.9. The molecule has 3 aliphatic rings. The fourth-order valence-electron chi connectivity index (χ4n) is 5.71. The third kappa shape index (κ3) is 4.20. The lowest BCUT2D eigenvalue weighted by molar-refractivity contribution is -0.135. The number of benzene rings is 1. The highest BCUT2D eigenvalue weighted by Crippen LogP contribution is 2.41. The summed E-state index contributed by atoms with van der Waals surface area (Å²) in [5, 5.41) is 3.06. The van der Waals surface area contributed by atoms with E-state index in [1.807, 2.05) is 43.0 Å². The third-order valence-electron chi connectivity index (χ3n) is 7.68. The lowest BCUT2D eigenvalue weighted by Gasteiger charge is -2.41. The van der Waals surface area contributed by atoms with Gasteiger partial charge in [-0.1, -0.05) is 23.8 Å². The number of likely N-dealkylation sites (tertiary alicyclic amines) is 1. The molecule has 0 bridgehead atoms. The van der Waals surface area contributed by atoms with Crippen molar-refractivity contribution in [3.63, 3.8) is 0 Å². The number of rotatable bonds is 5. The predicted octanol–water partition coefficient (Wildman–Crippen LogP) is 3.18. The number of pyridine rings is 1. The van der Waals surface area contributed by atoms with E-state index >= 15 is 0 Å². The standard InChI is InChI=1S/C27H32N4O4/c1-18-7-8-19(2)23(15-18)24(32)30-12-9-20(10-13-30)27(21-5-3-11-28-16-21)25(33)31(26(34)29-27)17-22-6-4-14-35-22/h3,5,7-8,11,15-16,20,22H,4,6,9-10,12-14,17H2,1-2H3,(H,29,34)/t22-,27-/m0/s1. The Balaban J connectivity index is 1.39. The van der Waals surface area contributed by atoms with Crippen LogP contribution in [0.25, 0.3) is 0 Å². The molecule has 3 fully saturated rings. The summed E-state index contributed by atoms with van der Waals surface area (Å²) in [6.45, 7) is 5.90. The Morgan fingerprint density at radius 1 is 1.17 bits per heavy atom. The Morgan fingerprint density at radius 2 is 1.97 bits per heavy atom. The van der Waals surface area contributed by atoms with E-state index in [1.165, 1.54) is 4.90 Å². The van der Waals surface area contributed by atoms with Crippen LogP contribution in [-0.4, -0.2) is 65.0 Å². The summed E-state index contributed by atoms with van der Waals surface area (Å²) >= 11 is 0. The Morgan fingerprint density at radius 3 is 2.66 bits per heavy atom. The molecular weight excluding hydrogens is 444 g/mol. The zero-order chi connectivity index (χ0) is 24.6. The molecule has 8 nitrogen and oxygen atoms in total. The molecule has 4 amide bonds. The van der Waals surface area contributed by atoms with Crippen molar-refractivity contribution in [3.8, 4) is 0 Å². The van der Waals surface area contributed by atoms with E-state index in [0.29, 0.717) is 38.1 Å². The van der Waals surface area contributed by atoms with Gasteiger partial charge in [0.05, 0.1) is 12.6 Å². The number of aryl methyl sites for hydroxylation is 2. The molecule has 3 saturated heterocycles. The predicted molar refractivity (Wildman–Crippen MR) is 130 cm³/mol. The van der Waals surface area contributed by atoms with Gasteiger partial charge in [0, 0.05) is 43.2 Å². The largest absolute Gasteiger partial charge is 0.376 e. The number of amides is 4.